The van der Waals surface area contributed by atoms with Gasteiger partial charge < -0.3 is 9.47 Å². The second-order valence-corrected chi connectivity index (χ2v) is 8.73. The first-order chi connectivity index (χ1) is 15.0. The number of carbonyl (C=O) groups is 1. The van der Waals surface area contributed by atoms with Gasteiger partial charge in [-0.25, -0.2) is 9.67 Å². The molecule has 0 fully saturated rings. The van der Waals surface area contributed by atoms with Crippen LogP contribution in [0.15, 0.2) is 36.4 Å². The van der Waals surface area contributed by atoms with Crippen molar-refractivity contribution in [3.05, 3.63) is 63.4 Å². The number of nitrogens with one attached hydrogen (secondary N) is 1. The Morgan fingerprint density at radius 2 is 1.94 bits per heavy atom. The predicted octanol–water partition coefficient (Wildman–Crippen LogP) is 5.18. The van der Waals surface area contributed by atoms with Crippen LogP contribution >= 0.6 is 34.5 Å². The molecule has 0 saturated carbocycles. The van der Waals surface area contributed by atoms with Crippen LogP contribution in [-0.4, -0.2) is 33.9 Å². The Morgan fingerprint density at radius 3 is 2.71 bits per heavy atom. The fourth-order valence-electron chi connectivity index (χ4n) is 3.38. The minimum absolute atomic E-state index is 0.244. The first-order valence-electron chi connectivity index (χ1n) is 9.47. The maximum atomic E-state index is 13.0. The number of nitrogens with zero attached hydrogens (tertiary/aromatic N) is 3. The monoisotopic (exact) mass is 474 g/mol. The third-order valence-corrected chi connectivity index (χ3v) is 6.53. The number of thiazole rings is 1. The zero-order valence-corrected chi connectivity index (χ0v) is 18.6. The molecule has 1 aliphatic heterocycles. The highest BCUT2D eigenvalue weighted by molar-refractivity contribution is 7.22. The van der Waals surface area contributed by atoms with Gasteiger partial charge in [-0.2, -0.15) is 5.10 Å². The molecule has 7 nitrogen and oxygen atoms in total. The van der Waals surface area contributed by atoms with Crippen LogP contribution in [0.2, 0.25) is 10.2 Å². The number of anilines is 1. The zero-order valence-electron chi connectivity index (χ0n) is 16.3. The van der Waals surface area contributed by atoms with Crippen molar-refractivity contribution in [3.63, 3.8) is 0 Å². The lowest BCUT2D eigenvalue weighted by atomic mass is 10.2. The van der Waals surface area contributed by atoms with Gasteiger partial charge in [-0.15, -0.1) is 0 Å². The van der Waals surface area contributed by atoms with Crippen LogP contribution in [-0.2, 0) is 6.54 Å². The van der Waals surface area contributed by atoms with Gasteiger partial charge in [-0.3, -0.25) is 10.1 Å². The van der Waals surface area contributed by atoms with Crippen LogP contribution in [0.4, 0.5) is 5.13 Å². The van der Waals surface area contributed by atoms with E-state index in [0.29, 0.717) is 52.7 Å². The van der Waals surface area contributed by atoms with Crippen LogP contribution < -0.4 is 14.8 Å². The third kappa shape index (κ3) is 3.82. The van der Waals surface area contributed by atoms with Crippen molar-refractivity contribution in [3.8, 4) is 11.5 Å². The highest BCUT2D eigenvalue weighted by Crippen LogP contribution is 2.38. The largest absolute Gasteiger partial charge is 0.486 e. The summed E-state index contributed by atoms with van der Waals surface area (Å²) in [5.74, 6) is 0.964. The van der Waals surface area contributed by atoms with E-state index in [2.05, 4.69) is 15.4 Å². The summed E-state index contributed by atoms with van der Waals surface area (Å²) >= 11 is 14.1. The highest BCUT2D eigenvalue weighted by Gasteiger charge is 2.22. The van der Waals surface area contributed by atoms with E-state index >= 15 is 0 Å². The van der Waals surface area contributed by atoms with Gasteiger partial charge in [-0.1, -0.05) is 52.7 Å². The van der Waals surface area contributed by atoms with Crippen LogP contribution in [0.25, 0.3) is 10.2 Å². The molecule has 0 spiro atoms. The van der Waals surface area contributed by atoms with Gasteiger partial charge in [-0.05, 0) is 18.6 Å². The minimum Gasteiger partial charge on any atom is -0.486 e. The summed E-state index contributed by atoms with van der Waals surface area (Å²) < 4.78 is 13.7. The van der Waals surface area contributed by atoms with Crippen molar-refractivity contribution >= 4 is 55.8 Å². The molecule has 4 aromatic rings. The fourth-order valence-corrected chi connectivity index (χ4v) is 4.77. The van der Waals surface area contributed by atoms with Crippen LogP contribution in [0.1, 0.15) is 21.6 Å². The van der Waals surface area contributed by atoms with Crippen LogP contribution in [0, 0.1) is 6.92 Å². The number of benzene rings is 2. The van der Waals surface area contributed by atoms with Crippen LogP contribution in [0.5, 0.6) is 11.5 Å². The molecule has 10 heteroatoms. The number of amides is 1. The molecular formula is C21H16Cl2N4O3S. The van der Waals surface area contributed by atoms with E-state index in [1.165, 1.54) is 11.3 Å². The second-order valence-electron chi connectivity index (χ2n) is 6.94. The average molecular weight is 475 g/mol. The Balaban J connectivity index is 1.40. The molecule has 2 aromatic heterocycles. The molecule has 5 rings (SSSR count). The first-order valence-corrected chi connectivity index (χ1v) is 11.0. The molecule has 0 unspecified atom stereocenters. The molecule has 1 aliphatic rings. The Hall–Kier alpha value is -2.81. The maximum Gasteiger partial charge on any atom is 0.262 e. The number of aryl methyl sites for hydroxylation is 1. The van der Waals surface area contributed by atoms with E-state index < -0.39 is 0 Å². The Labute approximate surface area is 191 Å². The molecule has 2 aromatic carbocycles. The lowest BCUT2D eigenvalue weighted by Crippen LogP contribution is -2.15. The summed E-state index contributed by atoms with van der Waals surface area (Å²) in [6, 6.07) is 11.1. The summed E-state index contributed by atoms with van der Waals surface area (Å²) in [5, 5.41) is 8.56. The Bertz CT molecular complexity index is 1270. The van der Waals surface area contributed by atoms with E-state index in [-0.39, 0.29) is 11.1 Å². The van der Waals surface area contributed by atoms with Crippen molar-refractivity contribution in [1.29, 1.82) is 0 Å². The van der Waals surface area contributed by atoms with E-state index in [1.54, 1.807) is 17.7 Å². The predicted molar refractivity (Wildman–Crippen MR) is 121 cm³/mol. The number of ether oxygens (including phenoxy) is 2. The standard InChI is InChI=1S/C21H16Cl2N4O3S/c1-11-18(19(23)27(26-11)10-12-4-2-3-5-13(12)22)20(28)25-21-24-14-8-15-16(9-17(14)31-21)30-7-6-29-15/h2-5,8-9H,6-7,10H2,1H3,(H,24,25,28). The number of carbonyl (C=O) groups excluding carboxylic acids is 1. The van der Waals surface area contributed by atoms with Crippen molar-refractivity contribution < 1.29 is 14.3 Å². The smallest absolute Gasteiger partial charge is 0.262 e. The van der Waals surface area contributed by atoms with Gasteiger partial charge in [0.05, 0.1) is 28.0 Å². The fraction of sp³-hybridized carbons (Fsp3) is 0.190. The van der Waals surface area contributed by atoms with Crippen molar-refractivity contribution in [2.24, 2.45) is 0 Å². The number of hydrogen-bond donors (Lipinski definition) is 1. The molecule has 31 heavy (non-hydrogen) atoms. The molecule has 1 N–H and O–H groups in total. The van der Waals surface area contributed by atoms with E-state index in [0.717, 1.165) is 15.8 Å². The van der Waals surface area contributed by atoms with E-state index in [9.17, 15) is 4.79 Å². The van der Waals surface area contributed by atoms with Crippen molar-refractivity contribution in [2.75, 3.05) is 18.5 Å². The zero-order chi connectivity index (χ0) is 21.5. The number of rotatable bonds is 4. The summed E-state index contributed by atoms with van der Waals surface area (Å²) in [7, 11) is 0. The van der Waals surface area contributed by atoms with Gasteiger partial charge in [0.1, 0.15) is 18.4 Å². The summed E-state index contributed by atoms with van der Waals surface area (Å²) in [5.41, 5.74) is 2.41. The molecule has 3 heterocycles. The van der Waals surface area contributed by atoms with Crippen molar-refractivity contribution in [2.45, 2.75) is 13.5 Å². The van der Waals surface area contributed by atoms with Gasteiger partial charge in [0.15, 0.2) is 16.6 Å². The highest BCUT2D eigenvalue weighted by atomic mass is 35.5. The molecular weight excluding hydrogens is 459 g/mol. The van der Waals surface area contributed by atoms with Gasteiger partial charge in [0.2, 0.25) is 0 Å². The summed E-state index contributed by atoms with van der Waals surface area (Å²) in [6.45, 7) is 3.11. The molecule has 0 aliphatic carbocycles. The number of halogens is 2. The molecule has 0 atom stereocenters. The molecule has 158 valence electrons. The third-order valence-electron chi connectivity index (χ3n) is 4.84. The molecule has 0 bridgehead atoms. The average Bonchev–Trinajstić information content (AvgIpc) is 3.26. The second kappa shape index (κ2) is 8.03. The summed E-state index contributed by atoms with van der Waals surface area (Å²) in [6.07, 6.45) is 0. The number of aromatic nitrogens is 3. The first kappa shape index (κ1) is 20.1. The normalized spacial score (nSPS) is 12.9. The number of hydrogen-bond acceptors (Lipinski definition) is 6. The van der Waals surface area contributed by atoms with E-state index in [1.807, 2.05) is 30.3 Å². The lowest BCUT2D eigenvalue weighted by molar-refractivity contribution is 0.102. The van der Waals surface area contributed by atoms with Crippen molar-refractivity contribution in [1.82, 2.24) is 14.8 Å². The lowest BCUT2D eigenvalue weighted by Gasteiger charge is -2.17. The Morgan fingerprint density at radius 1 is 1.19 bits per heavy atom. The van der Waals surface area contributed by atoms with Gasteiger partial charge in [0.25, 0.3) is 5.91 Å². The minimum atomic E-state index is -0.371. The quantitative estimate of drug-likeness (QED) is 0.440. The molecule has 1 amide bonds. The van der Waals surface area contributed by atoms with Gasteiger partial charge >= 0.3 is 0 Å². The number of fused-ring (bicyclic) bond motifs is 2. The Kier molecular flexibility index (Phi) is 5.21. The molecule has 0 radical (unpaired) electrons. The topological polar surface area (TPSA) is 78.3 Å². The van der Waals surface area contributed by atoms with E-state index in [4.69, 9.17) is 32.7 Å². The SMILES string of the molecule is Cc1nn(Cc2ccccc2Cl)c(Cl)c1C(=O)Nc1nc2cc3c(cc2s1)OCCO3. The van der Waals surface area contributed by atoms with Crippen LogP contribution in [0.3, 0.4) is 0 Å². The molecule has 0 saturated heterocycles. The summed E-state index contributed by atoms with van der Waals surface area (Å²) in [4.78, 5) is 17.5. The van der Waals surface area contributed by atoms with Gasteiger partial charge in [0, 0.05) is 17.2 Å². The maximum absolute atomic E-state index is 13.0.